The predicted molar refractivity (Wildman–Crippen MR) is 94.0 cm³/mol. The lowest BCUT2D eigenvalue weighted by atomic mass is 10.0. The molecule has 0 spiro atoms. The summed E-state index contributed by atoms with van der Waals surface area (Å²) in [6, 6.07) is 13.9. The molecule has 0 unspecified atom stereocenters. The molecule has 0 aliphatic carbocycles. The molecule has 0 heterocycles. The summed E-state index contributed by atoms with van der Waals surface area (Å²) in [5, 5.41) is 3.12. The molecule has 3 heteroatoms. The van der Waals surface area contributed by atoms with Crippen LogP contribution in [0.2, 0.25) is 0 Å². The van der Waals surface area contributed by atoms with Crippen molar-refractivity contribution in [3.8, 4) is 5.75 Å². The van der Waals surface area contributed by atoms with E-state index in [1.165, 1.54) is 5.56 Å². The average Bonchev–Trinajstić information content (AvgIpc) is 2.55. The van der Waals surface area contributed by atoms with Gasteiger partial charge in [-0.25, -0.2) is 0 Å². The van der Waals surface area contributed by atoms with Crippen molar-refractivity contribution in [2.24, 2.45) is 0 Å². The Balaban J connectivity index is 2.13. The number of carbonyl (C=O) groups excluding carboxylic acids is 1. The van der Waals surface area contributed by atoms with Crippen LogP contribution >= 0.6 is 0 Å². The highest BCUT2D eigenvalue weighted by Crippen LogP contribution is 2.21. The lowest BCUT2D eigenvalue weighted by Gasteiger charge is -2.18. The fraction of sp³-hybridized carbons (Fsp3) is 0.350. The smallest absolute Gasteiger partial charge is 0.251 e. The number of aryl methyl sites for hydroxylation is 2. The molecule has 0 fully saturated rings. The first-order valence-electron chi connectivity index (χ1n) is 8.16. The van der Waals surface area contributed by atoms with Crippen LogP contribution in [0.4, 0.5) is 0 Å². The molecule has 0 aliphatic rings. The van der Waals surface area contributed by atoms with Crippen molar-refractivity contribution in [2.45, 2.75) is 40.2 Å². The van der Waals surface area contributed by atoms with Gasteiger partial charge in [-0.1, -0.05) is 36.8 Å². The maximum Gasteiger partial charge on any atom is 0.251 e. The van der Waals surface area contributed by atoms with Crippen LogP contribution in [0.15, 0.2) is 42.5 Å². The third-order valence-corrected chi connectivity index (χ3v) is 3.93. The maximum absolute atomic E-state index is 12.5. The molecule has 0 saturated carbocycles. The fourth-order valence-corrected chi connectivity index (χ4v) is 2.57. The number of carbonyl (C=O) groups is 1. The minimum absolute atomic E-state index is 0.0231. The van der Waals surface area contributed by atoms with Crippen LogP contribution in [0.1, 0.15) is 53.4 Å². The molecule has 3 nitrogen and oxygen atoms in total. The number of hydrogen-bond acceptors (Lipinski definition) is 2. The van der Waals surface area contributed by atoms with Gasteiger partial charge in [-0.3, -0.25) is 4.79 Å². The molecule has 2 aromatic carbocycles. The Morgan fingerprint density at radius 2 is 1.78 bits per heavy atom. The number of nitrogens with one attached hydrogen (secondary N) is 1. The fourth-order valence-electron chi connectivity index (χ4n) is 2.57. The van der Waals surface area contributed by atoms with Gasteiger partial charge in [0, 0.05) is 5.56 Å². The minimum Gasteiger partial charge on any atom is -0.494 e. The summed E-state index contributed by atoms with van der Waals surface area (Å²) in [5.74, 6) is 0.776. The SMILES string of the molecule is CCOc1ccc(C(=O)N[C@H](CC)c2ccc(C)cc2)cc1C. The highest BCUT2D eigenvalue weighted by Gasteiger charge is 2.15. The molecular formula is C20H25NO2. The van der Waals surface area contributed by atoms with Gasteiger partial charge in [0.15, 0.2) is 0 Å². The molecule has 1 N–H and O–H groups in total. The van der Waals surface area contributed by atoms with E-state index in [1.54, 1.807) is 0 Å². The average molecular weight is 311 g/mol. The summed E-state index contributed by atoms with van der Waals surface area (Å²) in [5.41, 5.74) is 3.99. The zero-order valence-electron chi connectivity index (χ0n) is 14.3. The Hall–Kier alpha value is -2.29. The highest BCUT2D eigenvalue weighted by atomic mass is 16.5. The van der Waals surface area contributed by atoms with Crippen molar-refractivity contribution in [1.82, 2.24) is 5.32 Å². The van der Waals surface area contributed by atoms with E-state index >= 15 is 0 Å². The van der Waals surface area contributed by atoms with Crippen LogP contribution < -0.4 is 10.1 Å². The lowest BCUT2D eigenvalue weighted by molar-refractivity contribution is 0.0935. The van der Waals surface area contributed by atoms with Crippen LogP contribution in [-0.2, 0) is 0 Å². The number of benzene rings is 2. The number of hydrogen-bond donors (Lipinski definition) is 1. The quantitative estimate of drug-likeness (QED) is 0.847. The molecule has 1 amide bonds. The van der Waals surface area contributed by atoms with E-state index in [0.29, 0.717) is 12.2 Å². The van der Waals surface area contributed by atoms with Gasteiger partial charge in [-0.05, 0) is 56.5 Å². The standard InChI is InChI=1S/C20H25NO2/c1-5-18(16-9-7-14(3)8-10-16)21-20(22)17-11-12-19(23-6-2)15(4)13-17/h7-13,18H,5-6H2,1-4H3,(H,21,22)/t18-/m1/s1. The first-order valence-corrected chi connectivity index (χ1v) is 8.16. The summed E-state index contributed by atoms with van der Waals surface area (Å²) in [7, 11) is 0. The van der Waals surface area contributed by atoms with E-state index in [1.807, 2.05) is 32.0 Å². The molecule has 0 saturated heterocycles. The van der Waals surface area contributed by atoms with Crippen LogP contribution in [0, 0.1) is 13.8 Å². The zero-order chi connectivity index (χ0) is 16.8. The van der Waals surface area contributed by atoms with E-state index < -0.39 is 0 Å². The van der Waals surface area contributed by atoms with Gasteiger partial charge >= 0.3 is 0 Å². The zero-order valence-corrected chi connectivity index (χ0v) is 14.3. The molecule has 0 aromatic heterocycles. The van der Waals surface area contributed by atoms with Crippen LogP contribution in [0.25, 0.3) is 0 Å². The van der Waals surface area contributed by atoms with E-state index in [0.717, 1.165) is 23.3 Å². The normalized spacial score (nSPS) is 11.8. The second kappa shape index (κ2) is 7.82. The van der Waals surface area contributed by atoms with Crippen molar-refractivity contribution < 1.29 is 9.53 Å². The summed E-state index contributed by atoms with van der Waals surface area (Å²) in [6.07, 6.45) is 0.852. The third-order valence-electron chi connectivity index (χ3n) is 3.93. The van der Waals surface area contributed by atoms with Gasteiger partial charge in [-0.2, -0.15) is 0 Å². The summed E-state index contributed by atoms with van der Waals surface area (Å²) < 4.78 is 5.52. The summed E-state index contributed by atoms with van der Waals surface area (Å²) in [4.78, 5) is 12.5. The predicted octanol–water partition coefficient (Wildman–Crippen LogP) is 4.58. The summed E-state index contributed by atoms with van der Waals surface area (Å²) in [6.45, 7) is 8.67. The van der Waals surface area contributed by atoms with Crippen LogP contribution in [0.5, 0.6) is 5.75 Å². The van der Waals surface area contributed by atoms with Gasteiger partial charge in [-0.15, -0.1) is 0 Å². The topological polar surface area (TPSA) is 38.3 Å². The third kappa shape index (κ3) is 4.35. The molecule has 2 rings (SSSR count). The molecule has 0 radical (unpaired) electrons. The van der Waals surface area contributed by atoms with E-state index in [-0.39, 0.29) is 11.9 Å². The number of amides is 1. The van der Waals surface area contributed by atoms with Crippen LogP contribution in [-0.4, -0.2) is 12.5 Å². The van der Waals surface area contributed by atoms with Gasteiger partial charge in [0.25, 0.3) is 5.91 Å². The molecule has 2 aromatic rings. The van der Waals surface area contributed by atoms with Crippen molar-refractivity contribution in [1.29, 1.82) is 0 Å². The summed E-state index contributed by atoms with van der Waals surface area (Å²) >= 11 is 0. The number of ether oxygens (including phenoxy) is 1. The Morgan fingerprint density at radius 1 is 1.09 bits per heavy atom. The second-order valence-electron chi connectivity index (χ2n) is 5.76. The van der Waals surface area contributed by atoms with E-state index in [9.17, 15) is 4.79 Å². The maximum atomic E-state index is 12.5. The van der Waals surface area contributed by atoms with Crippen LogP contribution in [0.3, 0.4) is 0 Å². The van der Waals surface area contributed by atoms with Gasteiger partial charge in [0.05, 0.1) is 12.6 Å². The molecule has 122 valence electrons. The Bertz CT molecular complexity index is 662. The molecule has 23 heavy (non-hydrogen) atoms. The van der Waals surface area contributed by atoms with Gasteiger partial charge in [0.1, 0.15) is 5.75 Å². The Kier molecular flexibility index (Phi) is 5.80. The van der Waals surface area contributed by atoms with Crippen molar-refractivity contribution in [3.05, 3.63) is 64.7 Å². The highest BCUT2D eigenvalue weighted by molar-refractivity contribution is 5.94. The molecule has 0 bridgehead atoms. The van der Waals surface area contributed by atoms with Gasteiger partial charge < -0.3 is 10.1 Å². The van der Waals surface area contributed by atoms with Crippen molar-refractivity contribution >= 4 is 5.91 Å². The monoisotopic (exact) mass is 311 g/mol. The number of rotatable bonds is 6. The first-order chi connectivity index (χ1) is 11.0. The minimum atomic E-state index is -0.0522. The molecule has 0 aliphatic heterocycles. The Labute approximate surface area is 138 Å². The molecular weight excluding hydrogens is 286 g/mol. The van der Waals surface area contributed by atoms with Crippen molar-refractivity contribution in [2.75, 3.05) is 6.61 Å². The second-order valence-corrected chi connectivity index (χ2v) is 5.76. The Morgan fingerprint density at radius 3 is 2.35 bits per heavy atom. The largest absolute Gasteiger partial charge is 0.494 e. The van der Waals surface area contributed by atoms with E-state index in [4.69, 9.17) is 4.74 Å². The first kappa shape index (κ1) is 17.1. The van der Waals surface area contributed by atoms with E-state index in [2.05, 4.69) is 43.4 Å². The van der Waals surface area contributed by atoms with Crippen molar-refractivity contribution in [3.63, 3.8) is 0 Å². The van der Waals surface area contributed by atoms with Gasteiger partial charge in [0.2, 0.25) is 0 Å². The lowest BCUT2D eigenvalue weighted by Crippen LogP contribution is -2.28. The molecule has 1 atom stereocenters.